The normalized spacial score (nSPS) is 19.0. The molecule has 180 valence electrons. The summed E-state index contributed by atoms with van der Waals surface area (Å²) in [4.78, 5) is 44.3. The predicted molar refractivity (Wildman–Crippen MR) is 133 cm³/mol. The molecule has 3 amide bonds. The zero-order chi connectivity index (χ0) is 24.1. The average Bonchev–Trinajstić information content (AvgIpc) is 2.82. The van der Waals surface area contributed by atoms with E-state index in [0.717, 1.165) is 37.4 Å². The van der Waals surface area contributed by atoms with Crippen LogP contribution < -0.4 is 15.5 Å². The molecule has 2 saturated heterocycles. The number of carbonyl (C=O) groups excluding carboxylic acids is 3. The van der Waals surface area contributed by atoms with Crippen molar-refractivity contribution in [3.8, 4) is 0 Å². The molecular formula is C25H30ClN5O3. The second kappa shape index (κ2) is 10.9. The maximum Gasteiger partial charge on any atom is 0.243 e. The van der Waals surface area contributed by atoms with Crippen LogP contribution in [-0.4, -0.2) is 79.4 Å². The van der Waals surface area contributed by atoms with Gasteiger partial charge in [0.05, 0.1) is 13.0 Å². The van der Waals surface area contributed by atoms with E-state index >= 15 is 0 Å². The van der Waals surface area contributed by atoms with Crippen LogP contribution in [0.3, 0.4) is 0 Å². The Labute approximate surface area is 204 Å². The Balaban J connectivity index is 1.33. The molecule has 2 aromatic carbocycles. The number of rotatable bonds is 6. The topological polar surface area (TPSA) is 85.0 Å². The highest BCUT2D eigenvalue weighted by Gasteiger charge is 2.35. The fourth-order valence-electron chi connectivity index (χ4n) is 4.43. The molecule has 2 heterocycles. The third-order valence-corrected chi connectivity index (χ3v) is 6.59. The molecule has 0 saturated carbocycles. The Morgan fingerprint density at radius 1 is 1.06 bits per heavy atom. The first-order chi connectivity index (χ1) is 16.4. The van der Waals surface area contributed by atoms with Gasteiger partial charge in [0.1, 0.15) is 6.04 Å². The summed E-state index contributed by atoms with van der Waals surface area (Å²) >= 11 is 6.11. The van der Waals surface area contributed by atoms with Crippen molar-refractivity contribution >= 4 is 40.7 Å². The molecule has 0 aliphatic carbocycles. The number of nitrogens with zero attached hydrogens (tertiary/aromatic N) is 3. The van der Waals surface area contributed by atoms with Gasteiger partial charge in [0.15, 0.2) is 0 Å². The molecule has 2 aromatic rings. The van der Waals surface area contributed by atoms with E-state index in [4.69, 9.17) is 11.6 Å². The number of amides is 3. The van der Waals surface area contributed by atoms with Crippen molar-refractivity contribution in [2.24, 2.45) is 0 Å². The molecule has 0 bridgehead atoms. The number of hydrogen-bond acceptors (Lipinski definition) is 5. The number of halogens is 1. The fraction of sp³-hybridized carbons (Fsp3) is 0.400. The van der Waals surface area contributed by atoms with Gasteiger partial charge in [0.2, 0.25) is 17.7 Å². The fourth-order valence-corrected chi connectivity index (χ4v) is 4.61. The van der Waals surface area contributed by atoms with E-state index in [9.17, 15) is 14.4 Å². The molecular weight excluding hydrogens is 454 g/mol. The van der Waals surface area contributed by atoms with E-state index in [0.29, 0.717) is 23.8 Å². The molecule has 0 radical (unpaired) electrons. The minimum absolute atomic E-state index is 0.0749. The summed E-state index contributed by atoms with van der Waals surface area (Å²) in [5.41, 5.74) is 2.72. The molecule has 2 N–H and O–H groups in total. The van der Waals surface area contributed by atoms with Crippen LogP contribution in [0, 0.1) is 6.92 Å². The standard InChI is InChI=1S/C25H30ClN5O3/c1-18-5-2-3-8-21(18)28-23(32)16-22-25(34)27-9-10-31(22)24(33)17-29-11-13-30(14-12-29)20-7-4-6-19(26)15-20/h2-8,15,22H,9-14,16-17H2,1H3,(H,27,34)(H,28,32)/t22-/m1/s1. The Bertz CT molecular complexity index is 1050. The number of hydrogen-bond donors (Lipinski definition) is 2. The number of piperazine rings is 2. The lowest BCUT2D eigenvalue weighted by Crippen LogP contribution is -2.60. The molecule has 0 unspecified atom stereocenters. The van der Waals surface area contributed by atoms with Crippen LogP contribution in [0.1, 0.15) is 12.0 Å². The molecule has 2 fully saturated rings. The van der Waals surface area contributed by atoms with Crippen molar-refractivity contribution in [1.82, 2.24) is 15.1 Å². The van der Waals surface area contributed by atoms with Crippen LogP contribution in [0.5, 0.6) is 0 Å². The molecule has 0 spiro atoms. The largest absolute Gasteiger partial charge is 0.369 e. The Kier molecular flexibility index (Phi) is 7.70. The van der Waals surface area contributed by atoms with Gasteiger partial charge in [-0.25, -0.2) is 0 Å². The first kappa shape index (κ1) is 24.0. The molecule has 0 aromatic heterocycles. The molecule has 34 heavy (non-hydrogen) atoms. The molecule has 4 rings (SSSR count). The van der Waals surface area contributed by atoms with Gasteiger partial charge in [0.25, 0.3) is 0 Å². The first-order valence-corrected chi connectivity index (χ1v) is 11.9. The zero-order valence-corrected chi connectivity index (χ0v) is 20.1. The van der Waals surface area contributed by atoms with Crippen LogP contribution in [-0.2, 0) is 14.4 Å². The Morgan fingerprint density at radius 3 is 2.56 bits per heavy atom. The molecule has 8 nitrogen and oxygen atoms in total. The second-order valence-corrected chi connectivity index (χ2v) is 9.14. The van der Waals surface area contributed by atoms with Crippen LogP contribution in [0.15, 0.2) is 48.5 Å². The minimum Gasteiger partial charge on any atom is -0.369 e. The van der Waals surface area contributed by atoms with Crippen molar-refractivity contribution in [3.63, 3.8) is 0 Å². The van der Waals surface area contributed by atoms with Gasteiger partial charge in [-0.05, 0) is 36.8 Å². The number of nitrogens with one attached hydrogen (secondary N) is 2. The summed E-state index contributed by atoms with van der Waals surface area (Å²) in [6.45, 7) is 5.97. The molecule has 2 aliphatic rings. The monoisotopic (exact) mass is 483 g/mol. The highest BCUT2D eigenvalue weighted by molar-refractivity contribution is 6.30. The maximum absolute atomic E-state index is 13.2. The minimum atomic E-state index is -0.807. The van der Waals surface area contributed by atoms with Crippen LogP contribution in [0.4, 0.5) is 11.4 Å². The molecule has 2 aliphatic heterocycles. The summed E-state index contributed by atoms with van der Waals surface area (Å²) < 4.78 is 0. The average molecular weight is 484 g/mol. The van der Waals surface area contributed by atoms with Crippen molar-refractivity contribution in [3.05, 3.63) is 59.1 Å². The summed E-state index contributed by atoms with van der Waals surface area (Å²) in [6.07, 6.45) is -0.0749. The van der Waals surface area contributed by atoms with Gasteiger partial charge in [-0.2, -0.15) is 0 Å². The van der Waals surface area contributed by atoms with E-state index in [1.54, 1.807) is 4.90 Å². The second-order valence-electron chi connectivity index (χ2n) is 8.70. The summed E-state index contributed by atoms with van der Waals surface area (Å²) in [5.74, 6) is -0.700. The van der Waals surface area contributed by atoms with Crippen LogP contribution in [0.2, 0.25) is 5.02 Å². The summed E-state index contributed by atoms with van der Waals surface area (Å²) in [5, 5.41) is 6.35. The maximum atomic E-state index is 13.2. The van der Waals surface area contributed by atoms with Crippen molar-refractivity contribution < 1.29 is 14.4 Å². The third kappa shape index (κ3) is 5.87. The van der Waals surface area contributed by atoms with Gasteiger partial charge in [-0.1, -0.05) is 35.9 Å². The first-order valence-electron chi connectivity index (χ1n) is 11.6. The number of aryl methyl sites for hydroxylation is 1. The SMILES string of the molecule is Cc1ccccc1NC(=O)C[C@@H]1C(=O)NCCN1C(=O)CN1CCN(c2cccc(Cl)c2)CC1. The number of anilines is 2. The lowest BCUT2D eigenvalue weighted by Gasteiger charge is -2.39. The predicted octanol–water partition coefficient (Wildman–Crippen LogP) is 2.13. The lowest BCUT2D eigenvalue weighted by atomic mass is 10.1. The summed E-state index contributed by atoms with van der Waals surface area (Å²) in [6, 6.07) is 14.4. The van der Waals surface area contributed by atoms with Crippen LogP contribution >= 0.6 is 11.6 Å². The van der Waals surface area contributed by atoms with E-state index in [1.165, 1.54) is 0 Å². The van der Waals surface area contributed by atoms with E-state index in [2.05, 4.69) is 20.4 Å². The van der Waals surface area contributed by atoms with Crippen LogP contribution in [0.25, 0.3) is 0 Å². The van der Waals surface area contributed by atoms with E-state index in [-0.39, 0.29) is 30.7 Å². The highest BCUT2D eigenvalue weighted by atomic mass is 35.5. The summed E-state index contributed by atoms with van der Waals surface area (Å²) in [7, 11) is 0. The van der Waals surface area contributed by atoms with Gasteiger partial charge >= 0.3 is 0 Å². The van der Waals surface area contributed by atoms with Gasteiger partial charge in [-0.3, -0.25) is 19.3 Å². The molecule has 1 atom stereocenters. The van der Waals surface area contributed by atoms with Crippen molar-refractivity contribution in [2.45, 2.75) is 19.4 Å². The smallest absolute Gasteiger partial charge is 0.243 e. The Hall–Kier alpha value is -3.10. The van der Waals surface area contributed by atoms with Crippen molar-refractivity contribution in [1.29, 1.82) is 0 Å². The van der Waals surface area contributed by atoms with Gasteiger partial charge < -0.3 is 20.4 Å². The number of carbonyl (C=O) groups is 3. The Morgan fingerprint density at radius 2 is 1.82 bits per heavy atom. The van der Waals surface area contributed by atoms with Gasteiger partial charge in [0, 0.05) is 55.7 Å². The quantitative estimate of drug-likeness (QED) is 0.657. The number of para-hydroxylation sites is 1. The van der Waals surface area contributed by atoms with E-state index < -0.39 is 6.04 Å². The highest BCUT2D eigenvalue weighted by Crippen LogP contribution is 2.21. The van der Waals surface area contributed by atoms with Gasteiger partial charge in [-0.15, -0.1) is 0 Å². The van der Waals surface area contributed by atoms with Crippen molar-refractivity contribution in [2.75, 3.05) is 56.0 Å². The lowest BCUT2D eigenvalue weighted by molar-refractivity contribution is -0.145. The van der Waals surface area contributed by atoms with E-state index in [1.807, 2.05) is 55.5 Å². The zero-order valence-electron chi connectivity index (χ0n) is 19.3. The molecule has 9 heteroatoms. The third-order valence-electron chi connectivity index (χ3n) is 6.35. The number of benzene rings is 2.